The van der Waals surface area contributed by atoms with E-state index in [-0.39, 0.29) is 41.4 Å². The number of phenols is 2. The predicted molar refractivity (Wildman–Crippen MR) is 135 cm³/mol. The number of amides is 2. The van der Waals surface area contributed by atoms with Crippen LogP contribution in [0.3, 0.4) is 0 Å². The molecule has 0 fully saturated rings. The summed E-state index contributed by atoms with van der Waals surface area (Å²) in [5.74, 6) is -0.662. The smallest absolute Gasteiger partial charge is 0.407 e. The minimum atomic E-state index is -0.619. The normalized spacial score (nSPS) is 12.0. The van der Waals surface area contributed by atoms with Gasteiger partial charge in [0.15, 0.2) is 0 Å². The lowest BCUT2D eigenvalue weighted by molar-refractivity contribution is 0.0493. The quantitative estimate of drug-likeness (QED) is 0.271. The highest BCUT2D eigenvalue weighted by Crippen LogP contribution is 2.29. The Morgan fingerprint density at radius 2 is 1.81 bits per heavy atom. The molecule has 192 valence electrons. The number of ether oxygens (including phenoxy) is 2. The molecule has 0 radical (unpaired) electrons. The zero-order chi connectivity index (χ0) is 26.5. The van der Waals surface area contributed by atoms with Crippen molar-refractivity contribution in [2.75, 3.05) is 11.9 Å². The van der Waals surface area contributed by atoms with Crippen molar-refractivity contribution in [3.63, 3.8) is 0 Å². The van der Waals surface area contributed by atoms with E-state index in [2.05, 4.69) is 15.7 Å². The average Bonchev–Trinajstić information content (AvgIpc) is 3.08. The standard InChI is InChI=1S/C26H32N4O6/c1-16(27-25(34)36-26(3,4)5)15-35-24-17(2)22(30(29-24)14-18-9-7-6-8-10-18)23(33)28-20-12-11-19(31)13-21(20)32/h6-13,16,31-32H,14-15H2,1-5H3,(H,27,34)(H,28,33)/t16-/m0/s1. The number of rotatable bonds is 8. The summed E-state index contributed by atoms with van der Waals surface area (Å²) < 4.78 is 12.7. The molecule has 1 atom stereocenters. The van der Waals surface area contributed by atoms with Crippen molar-refractivity contribution in [3.05, 3.63) is 65.4 Å². The van der Waals surface area contributed by atoms with Gasteiger partial charge in [-0.1, -0.05) is 30.3 Å². The number of nitrogens with zero attached hydrogens (tertiary/aromatic N) is 2. The van der Waals surface area contributed by atoms with Gasteiger partial charge < -0.3 is 30.3 Å². The molecule has 0 aliphatic heterocycles. The molecule has 4 N–H and O–H groups in total. The molecule has 0 aliphatic rings. The van der Waals surface area contributed by atoms with Gasteiger partial charge in [0.25, 0.3) is 5.91 Å². The number of anilines is 1. The van der Waals surface area contributed by atoms with Crippen LogP contribution in [-0.2, 0) is 11.3 Å². The summed E-state index contributed by atoms with van der Waals surface area (Å²) >= 11 is 0. The molecule has 0 aliphatic carbocycles. The zero-order valence-electron chi connectivity index (χ0n) is 21.0. The maximum atomic E-state index is 13.2. The Morgan fingerprint density at radius 3 is 2.44 bits per heavy atom. The van der Waals surface area contributed by atoms with Crippen molar-refractivity contribution >= 4 is 17.7 Å². The van der Waals surface area contributed by atoms with Crippen LogP contribution >= 0.6 is 0 Å². The molecule has 3 rings (SSSR count). The third-order valence-corrected chi connectivity index (χ3v) is 5.00. The Kier molecular flexibility index (Phi) is 8.08. The summed E-state index contributed by atoms with van der Waals surface area (Å²) in [6.45, 7) is 9.22. The molecule has 1 aromatic heterocycles. The first-order chi connectivity index (χ1) is 16.9. The van der Waals surface area contributed by atoms with E-state index in [9.17, 15) is 19.8 Å². The van der Waals surface area contributed by atoms with Gasteiger partial charge in [0.05, 0.1) is 18.3 Å². The maximum absolute atomic E-state index is 13.2. The van der Waals surface area contributed by atoms with E-state index in [1.165, 1.54) is 16.8 Å². The average molecular weight is 497 g/mol. The number of benzene rings is 2. The van der Waals surface area contributed by atoms with Crippen LogP contribution in [0.2, 0.25) is 0 Å². The van der Waals surface area contributed by atoms with Gasteiger partial charge in [-0.3, -0.25) is 9.48 Å². The fourth-order valence-corrected chi connectivity index (χ4v) is 3.39. The van der Waals surface area contributed by atoms with Crippen molar-refractivity contribution < 1.29 is 29.3 Å². The lowest BCUT2D eigenvalue weighted by Gasteiger charge is -2.21. The van der Waals surface area contributed by atoms with Crippen molar-refractivity contribution in [3.8, 4) is 17.4 Å². The fourth-order valence-electron chi connectivity index (χ4n) is 3.39. The fraction of sp³-hybridized carbons (Fsp3) is 0.346. The van der Waals surface area contributed by atoms with Crippen LogP contribution in [0.4, 0.5) is 10.5 Å². The molecule has 0 spiro atoms. The van der Waals surface area contributed by atoms with Gasteiger partial charge in [-0.15, -0.1) is 5.10 Å². The molecule has 0 saturated heterocycles. The Balaban J connectivity index is 1.81. The maximum Gasteiger partial charge on any atom is 0.407 e. The van der Waals surface area contributed by atoms with Gasteiger partial charge >= 0.3 is 6.09 Å². The first-order valence-corrected chi connectivity index (χ1v) is 11.5. The Hall–Kier alpha value is -4.21. The topological polar surface area (TPSA) is 135 Å². The summed E-state index contributed by atoms with van der Waals surface area (Å²) in [5.41, 5.74) is 1.18. The first kappa shape index (κ1) is 26.4. The second-order valence-corrected chi connectivity index (χ2v) is 9.44. The number of hydrogen-bond acceptors (Lipinski definition) is 7. The molecule has 10 nitrogen and oxygen atoms in total. The number of carbonyl (C=O) groups excluding carboxylic acids is 2. The highest BCUT2D eigenvalue weighted by atomic mass is 16.6. The van der Waals surface area contributed by atoms with Gasteiger partial charge in [0.1, 0.15) is 29.4 Å². The van der Waals surface area contributed by atoms with Crippen LogP contribution in [0.25, 0.3) is 0 Å². The number of alkyl carbamates (subject to hydrolysis) is 1. The summed E-state index contributed by atoms with van der Waals surface area (Å²) in [5, 5.41) is 29.5. The van der Waals surface area contributed by atoms with Gasteiger partial charge in [-0.2, -0.15) is 0 Å². The minimum Gasteiger partial charge on any atom is -0.508 e. The lowest BCUT2D eigenvalue weighted by Crippen LogP contribution is -2.40. The van der Waals surface area contributed by atoms with Crippen LogP contribution in [0.1, 0.15) is 49.3 Å². The van der Waals surface area contributed by atoms with E-state index in [4.69, 9.17) is 9.47 Å². The summed E-state index contributed by atoms with van der Waals surface area (Å²) in [7, 11) is 0. The van der Waals surface area contributed by atoms with E-state index in [0.29, 0.717) is 12.1 Å². The van der Waals surface area contributed by atoms with Crippen LogP contribution < -0.4 is 15.4 Å². The van der Waals surface area contributed by atoms with Crippen LogP contribution in [0, 0.1) is 6.92 Å². The van der Waals surface area contributed by atoms with Gasteiger partial charge in [-0.25, -0.2) is 4.79 Å². The molecular weight excluding hydrogens is 464 g/mol. The lowest BCUT2D eigenvalue weighted by atomic mass is 10.2. The molecule has 2 aromatic carbocycles. The molecule has 2 amide bonds. The Labute approximate surface area is 209 Å². The number of nitrogens with one attached hydrogen (secondary N) is 2. The first-order valence-electron chi connectivity index (χ1n) is 11.5. The molecule has 3 aromatic rings. The molecule has 0 saturated carbocycles. The SMILES string of the molecule is Cc1c(OC[C@H](C)NC(=O)OC(C)(C)C)nn(Cc2ccccc2)c1C(=O)Nc1ccc(O)cc1O. The van der Waals surface area contributed by atoms with E-state index >= 15 is 0 Å². The van der Waals surface area contributed by atoms with Crippen LogP contribution in [0.5, 0.6) is 17.4 Å². The number of carbonyl (C=O) groups is 2. The predicted octanol–water partition coefficient (Wildman–Crippen LogP) is 4.20. The van der Waals surface area contributed by atoms with Crippen LogP contribution in [-0.4, -0.2) is 50.2 Å². The number of aromatic nitrogens is 2. The third-order valence-electron chi connectivity index (χ3n) is 5.00. The minimum absolute atomic E-state index is 0.0994. The summed E-state index contributed by atoms with van der Waals surface area (Å²) in [6, 6.07) is 13.0. The van der Waals surface area contributed by atoms with Crippen molar-refractivity contribution in [2.24, 2.45) is 0 Å². The summed E-state index contributed by atoms with van der Waals surface area (Å²) in [4.78, 5) is 25.3. The highest BCUT2D eigenvalue weighted by molar-refractivity contribution is 6.05. The molecular formula is C26H32N4O6. The number of phenolic OH excluding ortho intramolecular Hbond substituents is 2. The largest absolute Gasteiger partial charge is 0.508 e. The molecule has 0 bridgehead atoms. The summed E-state index contributed by atoms with van der Waals surface area (Å²) in [6.07, 6.45) is -0.557. The van der Waals surface area contributed by atoms with Crippen molar-refractivity contribution in [2.45, 2.75) is 52.8 Å². The van der Waals surface area contributed by atoms with E-state index in [0.717, 1.165) is 11.6 Å². The number of hydrogen-bond donors (Lipinski definition) is 4. The van der Waals surface area contributed by atoms with E-state index < -0.39 is 17.6 Å². The number of aromatic hydroxyl groups is 2. The molecule has 1 heterocycles. The molecule has 10 heteroatoms. The van der Waals surface area contributed by atoms with Gasteiger partial charge in [0, 0.05) is 11.6 Å². The Bertz CT molecular complexity index is 1220. The van der Waals surface area contributed by atoms with Gasteiger partial charge in [0.2, 0.25) is 5.88 Å². The monoisotopic (exact) mass is 496 g/mol. The second kappa shape index (κ2) is 11.0. The highest BCUT2D eigenvalue weighted by Gasteiger charge is 2.24. The zero-order valence-corrected chi connectivity index (χ0v) is 21.0. The molecule has 36 heavy (non-hydrogen) atoms. The van der Waals surface area contributed by atoms with E-state index in [1.54, 1.807) is 34.6 Å². The Morgan fingerprint density at radius 1 is 1.11 bits per heavy atom. The van der Waals surface area contributed by atoms with Gasteiger partial charge in [-0.05, 0) is 52.3 Å². The van der Waals surface area contributed by atoms with Crippen LogP contribution in [0.15, 0.2) is 48.5 Å². The third kappa shape index (κ3) is 7.14. The van der Waals surface area contributed by atoms with E-state index in [1.807, 2.05) is 30.3 Å². The second-order valence-electron chi connectivity index (χ2n) is 9.44. The molecule has 0 unspecified atom stereocenters. The van der Waals surface area contributed by atoms with Crippen molar-refractivity contribution in [1.82, 2.24) is 15.1 Å². The van der Waals surface area contributed by atoms with Crippen molar-refractivity contribution in [1.29, 1.82) is 0 Å².